The molecule has 0 saturated heterocycles. The van der Waals surface area contributed by atoms with E-state index in [9.17, 15) is 14.4 Å². The molecule has 2 aromatic carbocycles. The zero-order chi connectivity index (χ0) is 23.5. The molecule has 0 aliphatic carbocycles. The van der Waals surface area contributed by atoms with E-state index in [0.717, 1.165) is 33.8 Å². The summed E-state index contributed by atoms with van der Waals surface area (Å²) in [6, 6.07) is 12.3. The van der Waals surface area contributed by atoms with Gasteiger partial charge < -0.3 is 9.64 Å². The van der Waals surface area contributed by atoms with Crippen LogP contribution in [0.2, 0.25) is 0 Å². The van der Waals surface area contributed by atoms with Crippen LogP contribution >= 0.6 is 11.3 Å². The second-order valence-electron chi connectivity index (χ2n) is 8.00. The Labute approximate surface area is 196 Å². The van der Waals surface area contributed by atoms with E-state index in [4.69, 9.17) is 4.74 Å². The zero-order valence-electron chi connectivity index (χ0n) is 18.9. The van der Waals surface area contributed by atoms with Gasteiger partial charge in [0, 0.05) is 6.54 Å². The first-order valence-corrected chi connectivity index (χ1v) is 11.6. The first kappa shape index (κ1) is 22.9. The number of carbonyl (C=O) groups is 3. The Hall–Kier alpha value is -3.30. The van der Waals surface area contributed by atoms with Crippen molar-refractivity contribution >= 4 is 44.4 Å². The average Bonchev–Trinajstić information content (AvgIpc) is 3.31. The molecule has 0 spiro atoms. The second kappa shape index (κ2) is 9.68. The molecule has 0 N–H and O–H groups in total. The van der Waals surface area contributed by atoms with Crippen LogP contribution in [0.5, 0.6) is 5.75 Å². The van der Waals surface area contributed by atoms with Gasteiger partial charge in [-0.2, -0.15) is 0 Å². The van der Waals surface area contributed by atoms with E-state index >= 15 is 0 Å². The number of benzene rings is 2. The van der Waals surface area contributed by atoms with Crippen molar-refractivity contribution in [2.24, 2.45) is 0 Å². The first-order valence-electron chi connectivity index (χ1n) is 10.8. The summed E-state index contributed by atoms with van der Waals surface area (Å²) in [5, 5.41) is 0.541. The minimum absolute atomic E-state index is 0.325. The van der Waals surface area contributed by atoms with Gasteiger partial charge >= 0.3 is 0 Å². The van der Waals surface area contributed by atoms with Crippen LogP contribution in [0.25, 0.3) is 10.2 Å². The molecule has 9 heteroatoms. The van der Waals surface area contributed by atoms with Crippen molar-refractivity contribution in [3.05, 3.63) is 53.6 Å². The zero-order valence-corrected chi connectivity index (χ0v) is 19.7. The Morgan fingerprint density at radius 3 is 2.39 bits per heavy atom. The smallest absolute Gasteiger partial charge is 0.262 e. The molecule has 1 aliphatic heterocycles. The first-order chi connectivity index (χ1) is 15.9. The van der Waals surface area contributed by atoms with E-state index in [-0.39, 0.29) is 12.5 Å². The Kier molecular flexibility index (Phi) is 6.71. The molecule has 0 unspecified atom stereocenters. The molecular weight excluding hydrogens is 440 g/mol. The van der Waals surface area contributed by atoms with Crippen LogP contribution in [0, 0.1) is 0 Å². The highest BCUT2D eigenvalue weighted by Gasteiger charge is 2.37. The minimum Gasteiger partial charge on any atom is -0.494 e. The maximum Gasteiger partial charge on any atom is 0.262 e. The summed E-state index contributed by atoms with van der Waals surface area (Å²) in [4.78, 5) is 48.2. The van der Waals surface area contributed by atoms with Crippen molar-refractivity contribution in [1.29, 1.82) is 0 Å². The highest BCUT2D eigenvalue weighted by Crippen LogP contribution is 2.32. The summed E-state index contributed by atoms with van der Waals surface area (Å²) >= 11 is 1.39. The number of hydrogen-bond acceptors (Lipinski definition) is 7. The molecule has 8 nitrogen and oxygen atoms in total. The van der Waals surface area contributed by atoms with E-state index in [1.165, 1.54) is 11.3 Å². The van der Waals surface area contributed by atoms with Crippen LogP contribution in [0.3, 0.4) is 0 Å². The normalized spacial score (nSPS) is 13.2. The van der Waals surface area contributed by atoms with Gasteiger partial charge in [0.2, 0.25) is 5.91 Å². The highest BCUT2D eigenvalue weighted by molar-refractivity contribution is 7.22. The molecule has 1 aromatic heterocycles. The fraction of sp³-hybridized carbons (Fsp3) is 0.333. The van der Waals surface area contributed by atoms with Gasteiger partial charge in [-0.15, -0.1) is 0 Å². The molecule has 1 aliphatic rings. The Balaban J connectivity index is 1.59. The van der Waals surface area contributed by atoms with Crippen LogP contribution in [-0.4, -0.2) is 72.8 Å². The van der Waals surface area contributed by atoms with Crippen molar-refractivity contribution in [2.45, 2.75) is 13.3 Å². The molecule has 3 amide bonds. The van der Waals surface area contributed by atoms with Gasteiger partial charge in [-0.3, -0.25) is 24.2 Å². The number of imide groups is 1. The van der Waals surface area contributed by atoms with E-state index in [0.29, 0.717) is 29.4 Å². The summed E-state index contributed by atoms with van der Waals surface area (Å²) in [6.45, 7) is 3.38. The van der Waals surface area contributed by atoms with E-state index in [2.05, 4.69) is 4.98 Å². The number of fused-ring (bicyclic) bond motifs is 2. The molecule has 0 saturated carbocycles. The van der Waals surface area contributed by atoms with E-state index in [1.54, 1.807) is 29.2 Å². The maximum atomic E-state index is 13.4. The summed E-state index contributed by atoms with van der Waals surface area (Å²) in [6.07, 6.45) is 0.723. The summed E-state index contributed by atoms with van der Waals surface area (Å²) in [5.74, 6) is -0.477. The Bertz CT molecular complexity index is 1170. The summed E-state index contributed by atoms with van der Waals surface area (Å²) in [5.41, 5.74) is 1.43. The Morgan fingerprint density at radius 1 is 1.06 bits per heavy atom. The van der Waals surface area contributed by atoms with E-state index < -0.39 is 11.8 Å². The number of nitrogens with zero attached hydrogens (tertiary/aromatic N) is 4. The van der Waals surface area contributed by atoms with Gasteiger partial charge in [-0.1, -0.05) is 23.5 Å². The third-order valence-electron chi connectivity index (χ3n) is 5.35. The quantitative estimate of drug-likeness (QED) is 0.450. The lowest BCUT2D eigenvalue weighted by Gasteiger charge is -2.23. The van der Waals surface area contributed by atoms with Gasteiger partial charge in [0.25, 0.3) is 11.8 Å². The van der Waals surface area contributed by atoms with Crippen LogP contribution < -0.4 is 9.64 Å². The van der Waals surface area contributed by atoms with Crippen molar-refractivity contribution < 1.29 is 19.1 Å². The van der Waals surface area contributed by atoms with Crippen molar-refractivity contribution in [3.8, 4) is 5.75 Å². The van der Waals surface area contributed by atoms with Gasteiger partial charge in [0.15, 0.2) is 5.13 Å². The van der Waals surface area contributed by atoms with Gasteiger partial charge in [-0.25, -0.2) is 4.98 Å². The molecule has 172 valence electrons. The molecule has 0 radical (unpaired) electrons. The van der Waals surface area contributed by atoms with Gasteiger partial charge in [-0.05, 0) is 64.3 Å². The highest BCUT2D eigenvalue weighted by atomic mass is 32.1. The van der Waals surface area contributed by atoms with Crippen LogP contribution in [0.1, 0.15) is 34.1 Å². The van der Waals surface area contributed by atoms with E-state index in [1.807, 2.05) is 44.1 Å². The lowest BCUT2D eigenvalue weighted by molar-refractivity contribution is -0.119. The number of carbonyl (C=O) groups excluding carboxylic acids is 3. The maximum absolute atomic E-state index is 13.4. The van der Waals surface area contributed by atoms with Crippen molar-refractivity contribution in [2.75, 3.05) is 45.2 Å². The molecule has 33 heavy (non-hydrogen) atoms. The number of anilines is 1. The van der Waals surface area contributed by atoms with Crippen LogP contribution in [-0.2, 0) is 4.79 Å². The molecule has 0 bridgehead atoms. The lowest BCUT2D eigenvalue weighted by atomic mass is 10.1. The predicted octanol–water partition coefficient (Wildman–Crippen LogP) is 3.28. The van der Waals surface area contributed by atoms with Crippen LogP contribution in [0.15, 0.2) is 42.5 Å². The standard InChI is InChI=1S/C24H26N4O4S/c1-4-32-16-10-11-19-20(14-16)33-24(25-19)27(13-7-12-26(2)3)21(29)15-28-22(30)17-8-5-6-9-18(17)23(28)31/h5-6,8-11,14H,4,7,12-13,15H2,1-3H3. The fourth-order valence-corrected chi connectivity index (χ4v) is 4.78. The molecule has 2 heterocycles. The fourth-order valence-electron chi connectivity index (χ4n) is 3.74. The molecular formula is C24H26N4O4S. The lowest BCUT2D eigenvalue weighted by Crippen LogP contribution is -2.43. The number of thiazole rings is 1. The average molecular weight is 467 g/mol. The topological polar surface area (TPSA) is 83.1 Å². The number of ether oxygens (including phenoxy) is 1. The van der Waals surface area contributed by atoms with Gasteiger partial charge in [0.05, 0.1) is 28.0 Å². The predicted molar refractivity (Wildman–Crippen MR) is 128 cm³/mol. The minimum atomic E-state index is -0.442. The largest absolute Gasteiger partial charge is 0.494 e. The number of hydrogen-bond donors (Lipinski definition) is 0. The van der Waals surface area contributed by atoms with Crippen LogP contribution in [0.4, 0.5) is 5.13 Å². The second-order valence-corrected chi connectivity index (χ2v) is 9.01. The third kappa shape index (κ3) is 4.74. The molecule has 0 atom stereocenters. The monoisotopic (exact) mass is 466 g/mol. The SMILES string of the molecule is CCOc1ccc2nc(N(CCCN(C)C)C(=O)CN3C(=O)c4ccccc4C3=O)sc2c1. The number of aromatic nitrogens is 1. The Morgan fingerprint density at radius 2 is 1.76 bits per heavy atom. The summed E-state index contributed by atoms with van der Waals surface area (Å²) in [7, 11) is 3.94. The van der Waals surface area contributed by atoms with Crippen molar-refractivity contribution in [1.82, 2.24) is 14.8 Å². The number of amides is 3. The third-order valence-corrected chi connectivity index (χ3v) is 6.39. The van der Waals surface area contributed by atoms with Crippen molar-refractivity contribution in [3.63, 3.8) is 0 Å². The molecule has 4 rings (SSSR count). The number of rotatable bonds is 9. The molecule has 3 aromatic rings. The van der Waals surface area contributed by atoms with Gasteiger partial charge in [0.1, 0.15) is 12.3 Å². The summed E-state index contributed by atoms with van der Waals surface area (Å²) < 4.78 is 6.48. The molecule has 0 fully saturated rings.